The van der Waals surface area contributed by atoms with E-state index < -0.39 is 11.7 Å². The van der Waals surface area contributed by atoms with Gasteiger partial charge in [0.05, 0.1) is 6.04 Å². The molecular weight excluding hydrogens is 336 g/mol. The average molecular weight is 362 g/mol. The summed E-state index contributed by atoms with van der Waals surface area (Å²) in [6.45, 7) is 6.73. The number of fused-ring (bicyclic) bond motifs is 1. The Morgan fingerprint density at radius 2 is 1.92 bits per heavy atom. The fourth-order valence-corrected chi connectivity index (χ4v) is 3.10. The van der Waals surface area contributed by atoms with Crippen LogP contribution >= 0.6 is 0 Å². The van der Waals surface area contributed by atoms with Gasteiger partial charge in [-0.15, -0.1) is 0 Å². The number of benzene rings is 1. The lowest BCUT2D eigenvalue weighted by atomic mass is 10.2. The zero-order chi connectivity index (χ0) is 18.9. The molecule has 0 N–H and O–H groups in total. The molecule has 142 valence electrons. The summed E-state index contributed by atoms with van der Waals surface area (Å²) in [5.41, 5.74) is -0.530. The van der Waals surface area contributed by atoms with Gasteiger partial charge in [-0.25, -0.2) is 4.79 Å². The molecule has 1 fully saturated rings. The lowest BCUT2D eigenvalue weighted by molar-refractivity contribution is -0.141. The molecule has 2 heterocycles. The smallest absolute Gasteiger partial charge is 0.410 e. The number of hydrogen-bond donors (Lipinski definition) is 0. The summed E-state index contributed by atoms with van der Waals surface area (Å²) in [6, 6.07) is 7.24. The molecule has 2 atom stereocenters. The van der Waals surface area contributed by atoms with Crippen LogP contribution in [0.5, 0.6) is 11.5 Å². The fraction of sp³-hybridized carbons (Fsp3) is 0.579. The Morgan fingerprint density at radius 3 is 2.62 bits per heavy atom. The molecule has 1 unspecified atom stereocenters. The van der Waals surface area contributed by atoms with Gasteiger partial charge < -0.3 is 24.0 Å². The Labute approximate surface area is 153 Å². The van der Waals surface area contributed by atoms with Crippen molar-refractivity contribution in [2.24, 2.45) is 0 Å². The standard InChI is InChI=1S/C19H26N2O5/c1-19(2,3)26-18(23)21-10-9-13(11-21)20(4)17(22)16-12-24-14-7-5-6-8-15(14)25-16/h5-8,13,16H,9-12H2,1-4H3/t13-,16?/m0/s1. The molecule has 0 aliphatic carbocycles. The third-order valence-electron chi connectivity index (χ3n) is 4.49. The Hall–Kier alpha value is -2.44. The van der Waals surface area contributed by atoms with Crippen LogP contribution in [0.4, 0.5) is 4.79 Å². The molecule has 1 aromatic rings. The van der Waals surface area contributed by atoms with Crippen molar-refractivity contribution in [2.45, 2.75) is 44.9 Å². The first kappa shape index (κ1) is 18.4. The summed E-state index contributed by atoms with van der Waals surface area (Å²) in [7, 11) is 1.75. The summed E-state index contributed by atoms with van der Waals surface area (Å²) >= 11 is 0. The molecule has 2 aliphatic rings. The molecule has 0 saturated carbocycles. The second kappa shape index (κ2) is 7.05. The second-order valence-corrected chi connectivity index (χ2v) is 7.68. The highest BCUT2D eigenvalue weighted by atomic mass is 16.6. The maximum Gasteiger partial charge on any atom is 0.410 e. The van der Waals surface area contributed by atoms with E-state index in [1.165, 1.54) is 0 Å². The summed E-state index contributed by atoms with van der Waals surface area (Å²) in [6.07, 6.45) is -0.302. The third kappa shape index (κ3) is 4.03. The van der Waals surface area contributed by atoms with Crippen molar-refractivity contribution in [3.05, 3.63) is 24.3 Å². The molecule has 1 aromatic carbocycles. The van der Waals surface area contributed by atoms with E-state index in [1.807, 2.05) is 39.0 Å². The largest absolute Gasteiger partial charge is 0.485 e. The molecule has 2 amide bonds. The zero-order valence-corrected chi connectivity index (χ0v) is 15.7. The number of nitrogens with zero attached hydrogens (tertiary/aromatic N) is 2. The molecular formula is C19H26N2O5. The van der Waals surface area contributed by atoms with Crippen LogP contribution in [0.2, 0.25) is 0 Å². The van der Waals surface area contributed by atoms with Gasteiger partial charge >= 0.3 is 6.09 Å². The third-order valence-corrected chi connectivity index (χ3v) is 4.49. The van der Waals surface area contributed by atoms with Gasteiger partial charge in [0.15, 0.2) is 11.5 Å². The van der Waals surface area contributed by atoms with Gasteiger partial charge in [-0.1, -0.05) is 12.1 Å². The first-order valence-electron chi connectivity index (χ1n) is 8.87. The van der Waals surface area contributed by atoms with Crippen LogP contribution in [0, 0.1) is 0 Å². The van der Waals surface area contributed by atoms with Gasteiger partial charge in [0.2, 0.25) is 6.10 Å². The molecule has 0 aromatic heterocycles. The van der Waals surface area contributed by atoms with Crippen LogP contribution in [0.3, 0.4) is 0 Å². The monoisotopic (exact) mass is 362 g/mol. The second-order valence-electron chi connectivity index (χ2n) is 7.68. The number of ether oxygens (including phenoxy) is 3. The van der Waals surface area contributed by atoms with Crippen molar-refractivity contribution in [1.29, 1.82) is 0 Å². The van der Waals surface area contributed by atoms with Crippen molar-refractivity contribution in [1.82, 2.24) is 9.80 Å². The maximum atomic E-state index is 12.8. The fourth-order valence-electron chi connectivity index (χ4n) is 3.10. The Kier molecular flexibility index (Phi) is 4.98. The summed E-state index contributed by atoms with van der Waals surface area (Å²) in [5, 5.41) is 0. The number of carbonyl (C=O) groups excluding carboxylic acids is 2. The van der Waals surface area contributed by atoms with Crippen molar-refractivity contribution >= 4 is 12.0 Å². The van der Waals surface area contributed by atoms with E-state index in [0.29, 0.717) is 31.0 Å². The Morgan fingerprint density at radius 1 is 1.23 bits per heavy atom. The first-order chi connectivity index (χ1) is 12.2. The van der Waals surface area contributed by atoms with Gasteiger partial charge in [0.1, 0.15) is 12.2 Å². The number of likely N-dealkylation sites (N-methyl/N-ethyl adjacent to an activating group) is 1. The number of para-hydroxylation sites is 2. The average Bonchev–Trinajstić information content (AvgIpc) is 3.09. The van der Waals surface area contributed by atoms with Crippen molar-refractivity contribution < 1.29 is 23.8 Å². The molecule has 26 heavy (non-hydrogen) atoms. The first-order valence-corrected chi connectivity index (χ1v) is 8.87. The van der Waals surface area contributed by atoms with Crippen LogP contribution in [0.1, 0.15) is 27.2 Å². The molecule has 0 spiro atoms. The van der Waals surface area contributed by atoms with Gasteiger partial charge in [0.25, 0.3) is 5.91 Å². The minimum absolute atomic E-state index is 0.0595. The van der Waals surface area contributed by atoms with Gasteiger partial charge in [-0.3, -0.25) is 4.79 Å². The molecule has 7 nitrogen and oxygen atoms in total. The number of rotatable bonds is 2. The summed E-state index contributed by atoms with van der Waals surface area (Å²) in [4.78, 5) is 28.3. The predicted molar refractivity (Wildman–Crippen MR) is 95.3 cm³/mol. The van der Waals surface area contributed by atoms with E-state index in [-0.39, 0.29) is 24.6 Å². The normalized spacial score (nSPS) is 22.1. The predicted octanol–water partition coefficient (Wildman–Crippen LogP) is 2.29. The van der Waals surface area contributed by atoms with E-state index >= 15 is 0 Å². The van der Waals surface area contributed by atoms with Gasteiger partial charge in [-0.2, -0.15) is 0 Å². The van der Waals surface area contributed by atoms with Crippen LogP contribution in [-0.4, -0.2) is 66.3 Å². The quantitative estimate of drug-likeness (QED) is 0.807. The lowest BCUT2D eigenvalue weighted by Gasteiger charge is -2.31. The Balaban J connectivity index is 1.57. The number of carbonyl (C=O) groups is 2. The molecule has 7 heteroatoms. The van der Waals surface area contributed by atoms with E-state index in [9.17, 15) is 9.59 Å². The van der Waals surface area contributed by atoms with E-state index in [2.05, 4.69) is 0 Å². The minimum atomic E-state index is -0.675. The topological polar surface area (TPSA) is 68.3 Å². The van der Waals surface area contributed by atoms with Gasteiger partial charge in [0, 0.05) is 20.1 Å². The maximum absolute atomic E-state index is 12.8. The van der Waals surface area contributed by atoms with Crippen LogP contribution in [-0.2, 0) is 9.53 Å². The molecule has 1 saturated heterocycles. The molecule has 0 bridgehead atoms. The molecule has 3 rings (SSSR count). The SMILES string of the molecule is CN(C(=O)C1COc2ccccc2O1)[C@H]1CCN(C(=O)OC(C)(C)C)C1. The highest BCUT2D eigenvalue weighted by molar-refractivity contribution is 5.82. The summed E-state index contributed by atoms with van der Waals surface area (Å²) < 4.78 is 16.8. The van der Waals surface area contributed by atoms with Crippen molar-refractivity contribution in [2.75, 3.05) is 26.7 Å². The van der Waals surface area contributed by atoms with Crippen LogP contribution in [0.25, 0.3) is 0 Å². The van der Waals surface area contributed by atoms with Crippen LogP contribution < -0.4 is 9.47 Å². The molecule has 0 radical (unpaired) electrons. The zero-order valence-electron chi connectivity index (χ0n) is 15.7. The number of amides is 2. The highest BCUT2D eigenvalue weighted by Crippen LogP contribution is 2.31. The highest BCUT2D eigenvalue weighted by Gasteiger charge is 2.37. The number of likely N-dealkylation sites (tertiary alicyclic amines) is 1. The minimum Gasteiger partial charge on any atom is -0.485 e. The van der Waals surface area contributed by atoms with Crippen LogP contribution in [0.15, 0.2) is 24.3 Å². The lowest BCUT2D eigenvalue weighted by Crippen LogP contribution is -2.49. The van der Waals surface area contributed by atoms with E-state index in [1.54, 1.807) is 22.9 Å². The summed E-state index contributed by atoms with van der Waals surface area (Å²) in [5.74, 6) is 1.08. The van der Waals surface area contributed by atoms with E-state index in [4.69, 9.17) is 14.2 Å². The number of hydrogen-bond acceptors (Lipinski definition) is 5. The van der Waals surface area contributed by atoms with Crippen molar-refractivity contribution in [3.63, 3.8) is 0 Å². The Bertz CT molecular complexity index is 685. The molecule has 2 aliphatic heterocycles. The van der Waals surface area contributed by atoms with Gasteiger partial charge in [-0.05, 0) is 39.3 Å². The van der Waals surface area contributed by atoms with E-state index in [0.717, 1.165) is 0 Å². The van der Waals surface area contributed by atoms with Crippen molar-refractivity contribution in [3.8, 4) is 11.5 Å².